The summed E-state index contributed by atoms with van der Waals surface area (Å²) in [4.78, 5) is 32.1. The van der Waals surface area contributed by atoms with Crippen LogP contribution in [0.4, 0.5) is 0 Å². The molecule has 0 saturated heterocycles. The Bertz CT molecular complexity index is 1640. The van der Waals surface area contributed by atoms with E-state index in [-0.39, 0.29) is 12.2 Å². The fourth-order valence-electron chi connectivity index (χ4n) is 4.43. The molecule has 7 heteroatoms. The maximum atomic E-state index is 13.8. The highest BCUT2D eigenvalue weighted by atomic mass is 32.1. The topological polar surface area (TPSA) is 69.9 Å². The van der Waals surface area contributed by atoms with Gasteiger partial charge in [-0.05, 0) is 54.0 Å². The van der Waals surface area contributed by atoms with Gasteiger partial charge in [-0.25, -0.2) is 9.79 Å². The van der Waals surface area contributed by atoms with Crippen LogP contribution in [0.3, 0.4) is 0 Å². The van der Waals surface area contributed by atoms with E-state index in [9.17, 15) is 9.59 Å². The van der Waals surface area contributed by atoms with E-state index in [1.807, 2.05) is 72.8 Å². The third-order valence-corrected chi connectivity index (χ3v) is 7.03. The normalized spacial score (nSPS) is 15.6. The molecule has 0 aliphatic carbocycles. The van der Waals surface area contributed by atoms with Gasteiger partial charge < -0.3 is 9.47 Å². The van der Waals surface area contributed by atoms with Crippen molar-refractivity contribution in [1.82, 2.24) is 4.57 Å². The lowest BCUT2D eigenvalue weighted by Crippen LogP contribution is -2.40. The molecule has 0 saturated carbocycles. The highest BCUT2D eigenvalue weighted by Crippen LogP contribution is 2.34. The summed E-state index contributed by atoms with van der Waals surface area (Å²) in [5.74, 6) is 0.283. The Morgan fingerprint density at radius 2 is 1.83 bits per heavy atom. The first-order valence-corrected chi connectivity index (χ1v) is 12.1. The van der Waals surface area contributed by atoms with Crippen LogP contribution in [0.15, 0.2) is 87.8 Å². The number of carbonyl (C=O) groups excluding carboxylic acids is 1. The van der Waals surface area contributed by atoms with Crippen molar-refractivity contribution >= 4 is 34.2 Å². The molecule has 1 aromatic heterocycles. The molecule has 0 N–H and O–H groups in total. The lowest BCUT2D eigenvalue weighted by Gasteiger charge is -2.25. The molecule has 0 fully saturated rings. The standard InChI is InChI=1S/C28H24N2O4S/c1-4-34-27(32)24-17(2)29-28-30(25(24)22-11-7-9-19-8-5-6-10-21(19)22)26(31)23(35-28)16-18-12-14-20(33-3)15-13-18/h5-16,25H,4H2,1-3H3. The molecule has 6 nitrogen and oxygen atoms in total. The Morgan fingerprint density at radius 3 is 2.57 bits per heavy atom. The Balaban J connectivity index is 1.77. The Labute approximate surface area is 206 Å². The van der Waals surface area contributed by atoms with Crippen molar-refractivity contribution in [2.75, 3.05) is 13.7 Å². The first-order valence-electron chi connectivity index (χ1n) is 11.3. The van der Waals surface area contributed by atoms with Gasteiger partial charge in [-0.15, -0.1) is 0 Å². The fourth-order valence-corrected chi connectivity index (χ4v) is 5.47. The van der Waals surface area contributed by atoms with Gasteiger partial charge in [0.2, 0.25) is 0 Å². The van der Waals surface area contributed by atoms with Crippen LogP contribution >= 0.6 is 11.3 Å². The lowest BCUT2D eigenvalue weighted by molar-refractivity contribution is -0.139. The fraction of sp³-hybridized carbons (Fsp3) is 0.179. The summed E-state index contributed by atoms with van der Waals surface area (Å²) in [5, 5.41) is 2.00. The van der Waals surface area contributed by atoms with E-state index in [4.69, 9.17) is 9.47 Å². The van der Waals surface area contributed by atoms with E-state index in [2.05, 4.69) is 4.99 Å². The van der Waals surface area contributed by atoms with Crippen molar-refractivity contribution in [3.05, 3.63) is 109 Å². The van der Waals surface area contributed by atoms with Gasteiger partial charge in [0.1, 0.15) is 5.75 Å². The minimum Gasteiger partial charge on any atom is -0.497 e. The minimum atomic E-state index is -0.644. The minimum absolute atomic E-state index is 0.197. The summed E-state index contributed by atoms with van der Waals surface area (Å²) in [6, 6.07) is 20.7. The number of aromatic nitrogens is 1. The molecule has 3 aromatic carbocycles. The van der Waals surface area contributed by atoms with Crippen molar-refractivity contribution in [2.24, 2.45) is 4.99 Å². The van der Waals surface area contributed by atoms with E-state index in [0.717, 1.165) is 27.6 Å². The summed E-state index contributed by atoms with van der Waals surface area (Å²) in [6.45, 7) is 3.80. The van der Waals surface area contributed by atoms with Gasteiger partial charge in [0.15, 0.2) is 4.80 Å². The molecule has 0 radical (unpaired) electrons. The zero-order valence-electron chi connectivity index (χ0n) is 19.6. The molecular weight excluding hydrogens is 460 g/mol. The molecule has 1 unspecified atom stereocenters. The number of methoxy groups -OCH3 is 1. The highest BCUT2D eigenvalue weighted by Gasteiger charge is 2.34. The number of fused-ring (bicyclic) bond motifs is 2. The second-order valence-electron chi connectivity index (χ2n) is 8.14. The Kier molecular flexibility index (Phi) is 6.09. The second kappa shape index (κ2) is 9.35. The number of carbonyl (C=O) groups is 1. The average Bonchev–Trinajstić information content (AvgIpc) is 3.17. The van der Waals surface area contributed by atoms with Crippen molar-refractivity contribution in [1.29, 1.82) is 0 Å². The molecule has 1 aliphatic heterocycles. The molecule has 5 rings (SSSR count). The van der Waals surface area contributed by atoms with Crippen LogP contribution in [0.5, 0.6) is 5.75 Å². The van der Waals surface area contributed by atoms with Gasteiger partial charge >= 0.3 is 5.97 Å². The van der Waals surface area contributed by atoms with Crippen LogP contribution in [0.2, 0.25) is 0 Å². The van der Waals surface area contributed by atoms with Crippen molar-refractivity contribution in [3.8, 4) is 5.75 Å². The second-order valence-corrected chi connectivity index (χ2v) is 9.15. The molecule has 0 bridgehead atoms. The van der Waals surface area contributed by atoms with Gasteiger partial charge in [0.05, 0.1) is 35.6 Å². The lowest BCUT2D eigenvalue weighted by atomic mass is 9.91. The summed E-state index contributed by atoms with van der Waals surface area (Å²) in [5.41, 5.74) is 2.47. The summed E-state index contributed by atoms with van der Waals surface area (Å²) in [7, 11) is 1.61. The van der Waals surface area contributed by atoms with Crippen molar-refractivity contribution in [3.63, 3.8) is 0 Å². The van der Waals surface area contributed by atoms with Crippen molar-refractivity contribution < 1.29 is 14.3 Å². The zero-order valence-corrected chi connectivity index (χ0v) is 20.5. The Hall–Kier alpha value is -3.97. The molecule has 35 heavy (non-hydrogen) atoms. The number of ether oxygens (including phenoxy) is 2. The molecule has 1 aliphatic rings. The maximum absolute atomic E-state index is 13.8. The smallest absolute Gasteiger partial charge is 0.338 e. The molecular formula is C28H24N2O4S. The maximum Gasteiger partial charge on any atom is 0.338 e. The van der Waals surface area contributed by atoms with Gasteiger partial charge in [0, 0.05) is 0 Å². The van der Waals surface area contributed by atoms with Gasteiger partial charge in [-0.2, -0.15) is 0 Å². The molecule has 2 heterocycles. The van der Waals surface area contributed by atoms with Crippen LogP contribution in [-0.4, -0.2) is 24.3 Å². The first kappa shape index (κ1) is 22.8. The number of benzene rings is 3. The highest BCUT2D eigenvalue weighted by molar-refractivity contribution is 7.07. The molecule has 0 spiro atoms. The number of hydrogen-bond acceptors (Lipinski definition) is 6. The summed E-state index contributed by atoms with van der Waals surface area (Å²) >= 11 is 1.31. The van der Waals surface area contributed by atoms with Gasteiger partial charge in [-0.1, -0.05) is 65.9 Å². The van der Waals surface area contributed by atoms with Crippen LogP contribution in [0.25, 0.3) is 16.8 Å². The quantitative estimate of drug-likeness (QED) is 0.402. The first-order chi connectivity index (χ1) is 17.0. The predicted octanol–water partition coefficient (Wildman–Crippen LogP) is 3.96. The Morgan fingerprint density at radius 1 is 1.09 bits per heavy atom. The van der Waals surface area contributed by atoms with Crippen LogP contribution < -0.4 is 19.6 Å². The summed E-state index contributed by atoms with van der Waals surface area (Å²) in [6.07, 6.45) is 1.84. The van der Waals surface area contributed by atoms with E-state index < -0.39 is 12.0 Å². The molecule has 1 atom stereocenters. The molecule has 176 valence electrons. The monoisotopic (exact) mass is 484 g/mol. The molecule has 4 aromatic rings. The van der Waals surface area contributed by atoms with E-state index >= 15 is 0 Å². The van der Waals surface area contributed by atoms with E-state index in [0.29, 0.717) is 20.6 Å². The predicted molar refractivity (Wildman–Crippen MR) is 137 cm³/mol. The number of esters is 1. The van der Waals surface area contributed by atoms with E-state index in [1.165, 1.54) is 11.3 Å². The third kappa shape index (κ3) is 4.08. The molecule has 0 amide bonds. The number of thiazole rings is 1. The largest absolute Gasteiger partial charge is 0.497 e. The zero-order chi connectivity index (χ0) is 24.5. The van der Waals surface area contributed by atoms with Crippen LogP contribution in [-0.2, 0) is 9.53 Å². The van der Waals surface area contributed by atoms with Crippen molar-refractivity contribution in [2.45, 2.75) is 19.9 Å². The van der Waals surface area contributed by atoms with E-state index in [1.54, 1.807) is 25.5 Å². The number of hydrogen-bond donors (Lipinski definition) is 0. The number of nitrogens with zero attached hydrogens (tertiary/aromatic N) is 2. The average molecular weight is 485 g/mol. The number of allylic oxidation sites excluding steroid dienone is 1. The van der Waals surface area contributed by atoms with Gasteiger partial charge in [0.25, 0.3) is 5.56 Å². The van der Waals surface area contributed by atoms with Crippen LogP contribution in [0, 0.1) is 0 Å². The third-order valence-electron chi connectivity index (χ3n) is 6.05. The summed E-state index contributed by atoms with van der Waals surface area (Å²) < 4.78 is 12.8. The number of rotatable bonds is 5. The van der Waals surface area contributed by atoms with Crippen LogP contribution in [0.1, 0.15) is 31.0 Å². The van der Waals surface area contributed by atoms with Gasteiger partial charge in [-0.3, -0.25) is 9.36 Å². The SMILES string of the molecule is CCOC(=O)C1=C(C)N=c2sc(=Cc3ccc(OC)cc3)c(=O)n2C1c1cccc2ccccc12.